The van der Waals surface area contributed by atoms with E-state index < -0.39 is 0 Å². The van der Waals surface area contributed by atoms with Gasteiger partial charge in [-0.15, -0.1) is 0 Å². The first-order valence-electron chi connectivity index (χ1n) is 4.41. The molecule has 0 atom stereocenters. The van der Waals surface area contributed by atoms with Gasteiger partial charge >= 0.3 is 0 Å². The molecule has 1 aromatic heterocycles. The Bertz CT molecular complexity index is 601. The minimum absolute atomic E-state index is 0.195. The van der Waals surface area contributed by atoms with Crippen molar-refractivity contribution in [3.63, 3.8) is 0 Å². The second-order valence-corrected chi connectivity index (χ2v) is 4.22. The van der Waals surface area contributed by atoms with Gasteiger partial charge in [-0.2, -0.15) is 0 Å². The zero-order valence-corrected chi connectivity index (χ0v) is 9.59. The van der Waals surface area contributed by atoms with E-state index in [1.807, 2.05) is 18.2 Å². The third kappa shape index (κ3) is 1.61. The Kier molecular flexibility index (Phi) is 2.44. The van der Waals surface area contributed by atoms with Crippen LogP contribution in [0.25, 0.3) is 10.9 Å². The van der Waals surface area contributed by atoms with Crippen LogP contribution in [-0.2, 0) is 0 Å². The van der Waals surface area contributed by atoms with Crippen LogP contribution < -0.4 is 5.56 Å². The largest absolute Gasteiger partial charge is 0.321 e. The summed E-state index contributed by atoms with van der Waals surface area (Å²) in [5.74, 6) is 0. The zero-order chi connectivity index (χ0) is 11.0. The Labute approximate surface area is 94.3 Å². The average Bonchev–Trinajstić information content (AvgIpc) is 2.20. The molecular formula is C11H8BrNO2. The lowest BCUT2D eigenvalue weighted by Crippen LogP contribution is -2.14. The number of rotatable bonds is 1. The Morgan fingerprint density at radius 2 is 2.13 bits per heavy atom. The van der Waals surface area contributed by atoms with Crippen molar-refractivity contribution in [2.75, 3.05) is 0 Å². The number of H-pyrrole nitrogens is 1. The number of aromatic nitrogens is 1. The Balaban J connectivity index is 2.98. The van der Waals surface area contributed by atoms with Gasteiger partial charge < -0.3 is 4.98 Å². The fourth-order valence-electron chi connectivity index (χ4n) is 1.58. The number of halogens is 1. The minimum Gasteiger partial charge on any atom is -0.321 e. The van der Waals surface area contributed by atoms with E-state index in [1.165, 1.54) is 0 Å². The van der Waals surface area contributed by atoms with Crippen LogP contribution >= 0.6 is 15.9 Å². The number of nitrogens with one attached hydrogen (secondary N) is 1. The summed E-state index contributed by atoms with van der Waals surface area (Å²) in [6, 6.07) is 5.54. The molecular weight excluding hydrogens is 258 g/mol. The predicted octanol–water partition coefficient (Wildman–Crippen LogP) is 2.41. The lowest BCUT2D eigenvalue weighted by atomic mass is 10.1. The Hall–Kier alpha value is -1.42. The van der Waals surface area contributed by atoms with Gasteiger partial charge in [0.1, 0.15) is 0 Å². The summed E-state index contributed by atoms with van der Waals surface area (Å²) in [6.07, 6.45) is 0.592. The summed E-state index contributed by atoms with van der Waals surface area (Å²) in [6.45, 7) is 1.77. The summed E-state index contributed by atoms with van der Waals surface area (Å²) >= 11 is 3.35. The van der Waals surface area contributed by atoms with E-state index in [-0.39, 0.29) is 11.1 Å². The molecule has 76 valence electrons. The van der Waals surface area contributed by atoms with Crippen LogP contribution in [0.5, 0.6) is 0 Å². The lowest BCUT2D eigenvalue weighted by molar-refractivity contribution is 0.112. The molecule has 2 aromatic rings. The molecule has 0 unspecified atom stereocenters. The van der Waals surface area contributed by atoms with Gasteiger partial charge in [-0.1, -0.05) is 15.9 Å². The van der Waals surface area contributed by atoms with E-state index in [0.717, 1.165) is 15.4 Å². The second kappa shape index (κ2) is 3.62. The first-order valence-corrected chi connectivity index (χ1v) is 5.20. The topological polar surface area (TPSA) is 49.9 Å². The van der Waals surface area contributed by atoms with Crippen molar-refractivity contribution in [2.24, 2.45) is 0 Å². The van der Waals surface area contributed by atoms with E-state index in [0.29, 0.717) is 11.8 Å². The number of hydrogen-bond donors (Lipinski definition) is 1. The molecule has 0 aliphatic rings. The number of carbonyl (C=O) groups excluding carboxylic acids is 1. The smallest absolute Gasteiger partial charge is 0.259 e. The average molecular weight is 266 g/mol. The number of benzene rings is 1. The van der Waals surface area contributed by atoms with Gasteiger partial charge in [0, 0.05) is 15.4 Å². The van der Waals surface area contributed by atoms with Crippen molar-refractivity contribution in [1.82, 2.24) is 4.98 Å². The summed E-state index contributed by atoms with van der Waals surface area (Å²) in [4.78, 5) is 24.9. The molecule has 1 aromatic carbocycles. The van der Waals surface area contributed by atoms with Gasteiger partial charge in [-0.05, 0) is 30.7 Å². The molecule has 4 heteroatoms. The van der Waals surface area contributed by atoms with Crippen LogP contribution in [0.1, 0.15) is 15.9 Å². The number of aromatic amines is 1. The number of aryl methyl sites for hydroxylation is 1. The molecule has 0 amide bonds. The van der Waals surface area contributed by atoms with Crippen molar-refractivity contribution in [3.05, 3.63) is 44.2 Å². The molecule has 0 bridgehead atoms. The monoisotopic (exact) mass is 265 g/mol. The molecule has 1 heterocycles. The number of aldehydes is 1. The molecule has 0 aliphatic carbocycles. The SMILES string of the molecule is Cc1c(C=O)c(=O)[nH]c2ccc(Br)cc12. The van der Waals surface area contributed by atoms with Gasteiger partial charge in [0.05, 0.1) is 5.56 Å². The standard InChI is InChI=1S/C11H8BrNO2/c1-6-8-4-7(12)2-3-10(8)13-11(15)9(6)5-14/h2-5H,1H3,(H,13,15). The molecule has 0 fully saturated rings. The maximum Gasteiger partial charge on any atom is 0.259 e. The van der Waals surface area contributed by atoms with Crippen molar-refractivity contribution >= 4 is 33.1 Å². The molecule has 0 saturated carbocycles. The van der Waals surface area contributed by atoms with Gasteiger partial charge in [-0.3, -0.25) is 9.59 Å². The van der Waals surface area contributed by atoms with E-state index in [1.54, 1.807) is 6.92 Å². The first kappa shape index (κ1) is 10.1. The van der Waals surface area contributed by atoms with Gasteiger partial charge in [0.15, 0.2) is 6.29 Å². The van der Waals surface area contributed by atoms with E-state index in [2.05, 4.69) is 20.9 Å². The van der Waals surface area contributed by atoms with E-state index >= 15 is 0 Å². The molecule has 0 saturated heterocycles. The highest BCUT2D eigenvalue weighted by Crippen LogP contribution is 2.21. The number of carbonyl (C=O) groups is 1. The van der Waals surface area contributed by atoms with Crippen LogP contribution in [0.2, 0.25) is 0 Å². The summed E-state index contributed by atoms with van der Waals surface area (Å²) in [5.41, 5.74) is 1.31. The molecule has 15 heavy (non-hydrogen) atoms. The quantitative estimate of drug-likeness (QED) is 0.806. The van der Waals surface area contributed by atoms with Crippen LogP contribution in [-0.4, -0.2) is 11.3 Å². The molecule has 0 spiro atoms. The predicted molar refractivity (Wildman–Crippen MR) is 62.4 cm³/mol. The molecule has 3 nitrogen and oxygen atoms in total. The summed E-state index contributed by atoms with van der Waals surface area (Å²) < 4.78 is 0.919. The summed E-state index contributed by atoms with van der Waals surface area (Å²) in [5, 5.41) is 0.881. The molecule has 2 rings (SSSR count). The van der Waals surface area contributed by atoms with Gasteiger partial charge in [0.25, 0.3) is 5.56 Å². The highest BCUT2D eigenvalue weighted by molar-refractivity contribution is 9.10. The lowest BCUT2D eigenvalue weighted by Gasteiger charge is -2.04. The fourth-order valence-corrected chi connectivity index (χ4v) is 1.94. The molecule has 0 aliphatic heterocycles. The maximum absolute atomic E-state index is 11.5. The van der Waals surface area contributed by atoms with E-state index in [9.17, 15) is 9.59 Å². The van der Waals surface area contributed by atoms with Crippen molar-refractivity contribution in [3.8, 4) is 0 Å². The van der Waals surface area contributed by atoms with Gasteiger partial charge in [-0.25, -0.2) is 0 Å². The third-order valence-electron chi connectivity index (χ3n) is 2.40. The highest BCUT2D eigenvalue weighted by atomic mass is 79.9. The number of pyridine rings is 1. The fraction of sp³-hybridized carbons (Fsp3) is 0.0909. The Morgan fingerprint density at radius 3 is 2.80 bits per heavy atom. The van der Waals surface area contributed by atoms with Crippen LogP contribution in [0.4, 0.5) is 0 Å². The zero-order valence-electron chi connectivity index (χ0n) is 8.00. The first-order chi connectivity index (χ1) is 7.13. The van der Waals surface area contributed by atoms with Crippen LogP contribution in [0.3, 0.4) is 0 Å². The third-order valence-corrected chi connectivity index (χ3v) is 2.89. The molecule has 1 N–H and O–H groups in total. The minimum atomic E-state index is -0.336. The number of hydrogen-bond acceptors (Lipinski definition) is 2. The van der Waals surface area contributed by atoms with Crippen molar-refractivity contribution in [1.29, 1.82) is 0 Å². The Morgan fingerprint density at radius 1 is 1.40 bits per heavy atom. The van der Waals surface area contributed by atoms with Crippen molar-refractivity contribution < 1.29 is 4.79 Å². The molecule has 0 radical (unpaired) electrons. The van der Waals surface area contributed by atoms with Gasteiger partial charge in [0.2, 0.25) is 0 Å². The maximum atomic E-state index is 11.5. The summed E-state index contributed by atoms with van der Waals surface area (Å²) in [7, 11) is 0. The van der Waals surface area contributed by atoms with Crippen LogP contribution in [0, 0.1) is 6.92 Å². The number of fused-ring (bicyclic) bond motifs is 1. The second-order valence-electron chi connectivity index (χ2n) is 3.30. The normalized spacial score (nSPS) is 10.5. The highest BCUT2D eigenvalue weighted by Gasteiger charge is 2.07. The van der Waals surface area contributed by atoms with Crippen LogP contribution in [0.15, 0.2) is 27.5 Å². The van der Waals surface area contributed by atoms with E-state index in [4.69, 9.17) is 0 Å². The van der Waals surface area contributed by atoms with Crippen molar-refractivity contribution in [2.45, 2.75) is 6.92 Å².